The van der Waals surface area contributed by atoms with Gasteiger partial charge in [0.05, 0.1) is 0 Å². The van der Waals surface area contributed by atoms with Crippen LogP contribution in [-0.2, 0) is 6.42 Å². The molecule has 0 fully saturated rings. The summed E-state index contributed by atoms with van der Waals surface area (Å²) in [7, 11) is 0. The van der Waals surface area contributed by atoms with Crippen LogP contribution < -0.4 is 0 Å². The van der Waals surface area contributed by atoms with Crippen molar-refractivity contribution in [3.63, 3.8) is 0 Å². The van der Waals surface area contributed by atoms with Crippen molar-refractivity contribution in [2.45, 2.75) is 41.0 Å². The summed E-state index contributed by atoms with van der Waals surface area (Å²) in [6.45, 7) is 10.2. The zero-order chi connectivity index (χ0) is 13.5. The third-order valence-corrected chi connectivity index (χ3v) is 2.95. The summed E-state index contributed by atoms with van der Waals surface area (Å²) >= 11 is 0. The highest BCUT2D eigenvalue weighted by atomic mass is 14.2. The van der Waals surface area contributed by atoms with E-state index in [1.54, 1.807) is 0 Å². The summed E-state index contributed by atoms with van der Waals surface area (Å²) in [5.74, 6) is 0. The Balaban J connectivity index is 0.000000371. The highest BCUT2D eigenvalue weighted by Crippen LogP contribution is 2.36. The van der Waals surface area contributed by atoms with Crippen LogP contribution in [0, 0.1) is 6.92 Å². The molecule has 0 N–H and O–H groups in total. The summed E-state index contributed by atoms with van der Waals surface area (Å²) in [5.41, 5.74) is 7.14. The Morgan fingerprint density at radius 3 is 2.06 bits per heavy atom. The maximum atomic E-state index is 2.30. The second-order valence-corrected chi connectivity index (χ2v) is 3.99. The molecule has 96 valence electrons. The minimum Gasteiger partial charge on any atom is -0.0683 e. The van der Waals surface area contributed by atoms with Crippen molar-refractivity contribution in [3.8, 4) is 11.1 Å². The molecule has 0 unspecified atom stereocenters. The molecule has 1 aliphatic carbocycles. The molecule has 0 aliphatic heterocycles. The van der Waals surface area contributed by atoms with Crippen LogP contribution in [0.3, 0.4) is 0 Å². The highest BCUT2D eigenvalue weighted by Gasteiger charge is 2.16. The highest BCUT2D eigenvalue weighted by molar-refractivity contribution is 5.76. The summed E-state index contributed by atoms with van der Waals surface area (Å²) in [4.78, 5) is 0. The van der Waals surface area contributed by atoms with Crippen LogP contribution >= 0.6 is 0 Å². The molecule has 0 radical (unpaired) electrons. The Kier molecular flexibility index (Phi) is 5.64. The lowest BCUT2D eigenvalue weighted by Gasteiger charge is -2.00. The van der Waals surface area contributed by atoms with E-state index in [1.807, 2.05) is 27.7 Å². The molecule has 0 nitrogen and oxygen atoms in total. The maximum Gasteiger partial charge on any atom is -0.00134 e. The molecule has 0 aromatic heterocycles. The number of fused-ring (bicyclic) bond motifs is 3. The molecule has 0 spiro atoms. The smallest absolute Gasteiger partial charge is 0.00134 e. The normalized spacial score (nSPS) is 10.3. The lowest BCUT2D eigenvalue weighted by Crippen LogP contribution is -1.80. The molecule has 0 amide bonds. The molecule has 2 aromatic carbocycles. The van der Waals surface area contributed by atoms with Crippen LogP contribution in [0.1, 0.15) is 44.4 Å². The van der Waals surface area contributed by atoms with Gasteiger partial charge in [0, 0.05) is 0 Å². The van der Waals surface area contributed by atoms with E-state index in [2.05, 4.69) is 49.4 Å². The van der Waals surface area contributed by atoms with Gasteiger partial charge in [0.1, 0.15) is 0 Å². The molecule has 3 rings (SSSR count). The minimum absolute atomic E-state index is 1.10. The van der Waals surface area contributed by atoms with Gasteiger partial charge in [-0.15, -0.1) is 0 Å². The van der Waals surface area contributed by atoms with Crippen molar-refractivity contribution >= 4 is 0 Å². The fraction of sp³-hybridized carbons (Fsp3) is 0.333. The molecule has 1 aliphatic rings. The molecule has 0 atom stereocenters. The Morgan fingerprint density at radius 1 is 0.722 bits per heavy atom. The second kappa shape index (κ2) is 7.00. The van der Waals surface area contributed by atoms with Gasteiger partial charge in [-0.05, 0) is 35.6 Å². The van der Waals surface area contributed by atoms with Crippen molar-refractivity contribution in [2.75, 3.05) is 0 Å². The molecule has 0 heteroatoms. The molecule has 0 saturated heterocycles. The first kappa shape index (κ1) is 14.5. The van der Waals surface area contributed by atoms with E-state index < -0.39 is 0 Å². The maximum absolute atomic E-state index is 2.30. The average molecular weight is 240 g/mol. The van der Waals surface area contributed by atoms with Gasteiger partial charge in [-0.3, -0.25) is 0 Å². The van der Waals surface area contributed by atoms with Crippen LogP contribution in [0.2, 0.25) is 0 Å². The third-order valence-electron chi connectivity index (χ3n) is 2.95. The van der Waals surface area contributed by atoms with Crippen LogP contribution in [0.25, 0.3) is 11.1 Å². The molecule has 2 aromatic rings. The van der Waals surface area contributed by atoms with Gasteiger partial charge in [0.15, 0.2) is 0 Å². The van der Waals surface area contributed by atoms with Crippen LogP contribution in [0.15, 0.2) is 42.5 Å². The van der Waals surface area contributed by atoms with Crippen LogP contribution in [0.4, 0.5) is 0 Å². The Hall–Kier alpha value is -1.56. The van der Waals surface area contributed by atoms with Gasteiger partial charge in [-0.1, -0.05) is 75.7 Å². The first-order valence-electron chi connectivity index (χ1n) is 7.02. The summed E-state index contributed by atoms with van der Waals surface area (Å²) in [6.07, 6.45) is 1.10. The fourth-order valence-corrected chi connectivity index (χ4v) is 2.27. The monoisotopic (exact) mass is 240 g/mol. The predicted molar refractivity (Wildman–Crippen MR) is 82.1 cm³/mol. The lowest BCUT2D eigenvalue weighted by molar-refractivity contribution is 1.25. The van der Waals surface area contributed by atoms with Crippen LogP contribution in [0.5, 0.6) is 0 Å². The van der Waals surface area contributed by atoms with Gasteiger partial charge in [0.2, 0.25) is 0 Å². The molecular weight excluding hydrogens is 216 g/mol. The molecule has 0 saturated carbocycles. The van der Waals surface area contributed by atoms with E-state index >= 15 is 0 Å². The van der Waals surface area contributed by atoms with Gasteiger partial charge in [0.25, 0.3) is 0 Å². The summed E-state index contributed by atoms with van der Waals surface area (Å²) in [6, 6.07) is 15.4. The van der Waals surface area contributed by atoms with Gasteiger partial charge >= 0.3 is 0 Å². The number of rotatable bonds is 0. The van der Waals surface area contributed by atoms with E-state index in [9.17, 15) is 0 Å². The number of hydrogen-bond donors (Lipinski definition) is 0. The first-order valence-corrected chi connectivity index (χ1v) is 7.02. The number of aryl methyl sites for hydroxylation is 1. The minimum atomic E-state index is 1.10. The fourth-order valence-electron chi connectivity index (χ4n) is 2.27. The molecule has 0 heterocycles. The van der Waals surface area contributed by atoms with Crippen LogP contribution in [-0.4, -0.2) is 0 Å². The number of benzene rings is 2. The van der Waals surface area contributed by atoms with E-state index in [0.717, 1.165) is 6.42 Å². The second-order valence-electron chi connectivity index (χ2n) is 3.99. The van der Waals surface area contributed by atoms with E-state index in [-0.39, 0.29) is 0 Å². The van der Waals surface area contributed by atoms with Crippen molar-refractivity contribution in [2.24, 2.45) is 0 Å². The standard InChI is InChI=1S/C14H12.2C2H6/c1-10-6-7-14-12(8-10)9-11-4-2-3-5-13(11)14;2*1-2/h2-8H,9H2,1H3;2*1-2H3. The van der Waals surface area contributed by atoms with Gasteiger partial charge in [-0.25, -0.2) is 0 Å². The Morgan fingerprint density at radius 2 is 1.33 bits per heavy atom. The van der Waals surface area contributed by atoms with Gasteiger partial charge in [-0.2, -0.15) is 0 Å². The summed E-state index contributed by atoms with van der Waals surface area (Å²) < 4.78 is 0. The van der Waals surface area contributed by atoms with Crippen molar-refractivity contribution in [1.29, 1.82) is 0 Å². The topological polar surface area (TPSA) is 0 Å². The lowest BCUT2D eigenvalue weighted by atomic mass is 10.0. The zero-order valence-electron chi connectivity index (χ0n) is 12.2. The van der Waals surface area contributed by atoms with E-state index in [1.165, 1.54) is 27.8 Å². The van der Waals surface area contributed by atoms with E-state index in [0.29, 0.717) is 0 Å². The Bertz CT molecular complexity index is 495. The largest absolute Gasteiger partial charge is 0.0683 e. The molecule has 0 bridgehead atoms. The van der Waals surface area contributed by atoms with Crippen molar-refractivity contribution < 1.29 is 0 Å². The Labute approximate surface area is 112 Å². The SMILES string of the molecule is CC.CC.Cc1ccc2c(c1)Cc1ccccc1-2. The third kappa shape index (κ3) is 2.81. The molecule has 18 heavy (non-hydrogen) atoms. The zero-order valence-corrected chi connectivity index (χ0v) is 12.2. The van der Waals surface area contributed by atoms with Gasteiger partial charge < -0.3 is 0 Å². The number of hydrogen-bond acceptors (Lipinski definition) is 0. The quantitative estimate of drug-likeness (QED) is 0.478. The average Bonchev–Trinajstić information content (AvgIpc) is 2.80. The first-order chi connectivity index (χ1) is 8.84. The van der Waals surface area contributed by atoms with E-state index in [4.69, 9.17) is 0 Å². The predicted octanol–water partition coefficient (Wildman–Crippen LogP) is 5.62. The molecular formula is C18H24. The van der Waals surface area contributed by atoms with Crippen molar-refractivity contribution in [1.82, 2.24) is 0 Å². The van der Waals surface area contributed by atoms with Crippen molar-refractivity contribution in [3.05, 3.63) is 59.2 Å². The summed E-state index contributed by atoms with van der Waals surface area (Å²) in [5, 5.41) is 0.